The van der Waals surface area contributed by atoms with Crippen LogP contribution in [0.4, 0.5) is 4.39 Å². The van der Waals surface area contributed by atoms with Gasteiger partial charge in [-0.1, -0.05) is 23.8 Å². The lowest BCUT2D eigenvalue weighted by atomic mass is 9.87. The van der Waals surface area contributed by atoms with Gasteiger partial charge in [-0.05, 0) is 76.0 Å². The van der Waals surface area contributed by atoms with Crippen molar-refractivity contribution >= 4 is 5.78 Å². The average Bonchev–Trinajstić information content (AvgIpc) is 2.74. The van der Waals surface area contributed by atoms with Crippen LogP contribution in [0.25, 0.3) is 0 Å². The van der Waals surface area contributed by atoms with Crippen molar-refractivity contribution in [1.29, 1.82) is 0 Å². The molecule has 6 heteroatoms. The Balaban J connectivity index is 1.28. The minimum atomic E-state index is -0.542. The minimum absolute atomic E-state index is 0.0677. The van der Waals surface area contributed by atoms with Crippen molar-refractivity contribution in [2.45, 2.75) is 38.3 Å². The molecule has 0 bridgehead atoms. The molecule has 1 aromatic rings. The number of allylic oxidation sites excluding steroid dienone is 2. The van der Waals surface area contributed by atoms with Crippen LogP contribution >= 0.6 is 0 Å². The van der Waals surface area contributed by atoms with E-state index in [1.165, 1.54) is 17.7 Å². The predicted molar refractivity (Wildman–Crippen MR) is 115 cm³/mol. The molecule has 0 amide bonds. The Kier molecular flexibility index (Phi) is 6.37. The lowest BCUT2D eigenvalue weighted by Gasteiger charge is -2.43. The normalized spacial score (nSPS) is 25.0. The number of piperidine rings is 1. The van der Waals surface area contributed by atoms with E-state index in [1.807, 2.05) is 13.1 Å². The van der Waals surface area contributed by atoms with Crippen LogP contribution in [0.5, 0.6) is 0 Å². The highest BCUT2D eigenvalue weighted by Gasteiger charge is 2.36. The molecule has 30 heavy (non-hydrogen) atoms. The fourth-order valence-electron chi connectivity index (χ4n) is 4.95. The van der Waals surface area contributed by atoms with Gasteiger partial charge in [0.25, 0.3) is 0 Å². The predicted octanol–water partition coefficient (Wildman–Crippen LogP) is 2.95. The van der Waals surface area contributed by atoms with Gasteiger partial charge >= 0.3 is 0 Å². The summed E-state index contributed by atoms with van der Waals surface area (Å²) in [6.07, 6.45) is 6.15. The van der Waals surface area contributed by atoms with Gasteiger partial charge in [-0.3, -0.25) is 9.69 Å². The smallest absolute Gasteiger partial charge is 0.196 e. The maximum Gasteiger partial charge on any atom is 0.196 e. The van der Waals surface area contributed by atoms with Crippen LogP contribution < -0.4 is 0 Å². The summed E-state index contributed by atoms with van der Waals surface area (Å²) >= 11 is 0. The maximum absolute atomic E-state index is 13.1. The molecule has 3 heterocycles. The summed E-state index contributed by atoms with van der Waals surface area (Å²) in [5.41, 5.74) is 2.92. The Morgan fingerprint density at radius 1 is 1.17 bits per heavy atom. The fraction of sp³-hybridized carbons (Fsp3) is 0.542. The Labute approximate surface area is 178 Å². The number of ketones is 1. The van der Waals surface area contributed by atoms with E-state index in [4.69, 9.17) is 0 Å². The second-order valence-electron chi connectivity index (χ2n) is 9.01. The number of aliphatic hydroxyl groups excluding tert-OH is 1. The highest BCUT2D eigenvalue weighted by molar-refractivity contribution is 6.00. The standard InChI is InChI=1S/C24H32FN3O2/c1-17-3-8-22-24(30)21(26(2)16-28(22)15-17)11-14-27-12-9-19(10-13-27)23(29)18-4-6-20(25)7-5-18/h3-8,19,21,23,29H,9-16H2,1-2H3/t21-,23-/m0/s1. The molecule has 1 aromatic carbocycles. The van der Waals surface area contributed by atoms with E-state index < -0.39 is 6.10 Å². The number of aliphatic hydroxyl groups is 1. The van der Waals surface area contributed by atoms with Gasteiger partial charge in [0, 0.05) is 13.1 Å². The number of hydrogen-bond acceptors (Lipinski definition) is 5. The number of rotatable bonds is 5. The summed E-state index contributed by atoms with van der Waals surface area (Å²) in [4.78, 5) is 19.7. The third kappa shape index (κ3) is 4.51. The van der Waals surface area contributed by atoms with E-state index in [2.05, 4.69) is 27.7 Å². The van der Waals surface area contributed by atoms with Gasteiger partial charge < -0.3 is 14.9 Å². The first-order valence-corrected chi connectivity index (χ1v) is 10.9. The van der Waals surface area contributed by atoms with Crippen LogP contribution in [0.3, 0.4) is 0 Å². The van der Waals surface area contributed by atoms with Gasteiger partial charge in [-0.2, -0.15) is 0 Å². The third-order valence-electron chi connectivity index (χ3n) is 6.80. The highest BCUT2D eigenvalue weighted by atomic mass is 19.1. The number of benzene rings is 1. The van der Waals surface area contributed by atoms with E-state index in [0.717, 1.165) is 63.4 Å². The molecule has 0 saturated carbocycles. The number of fused-ring (bicyclic) bond motifs is 1. The van der Waals surface area contributed by atoms with Crippen LogP contribution in [0.15, 0.2) is 47.7 Å². The monoisotopic (exact) mass is 413 g/mol. The first-order valence-electron chi connectivity index (χ1n) is 10.9. The van der Waals surface area contributed by atoms with Gasteiger partial charge in [0.15, 0.2) is 5.78 Å². The van der Waals surface area contributed by atoms with E-state index in [0.29, 0.717) is 0 Å². The third-order valence-corrected chi connectivity index (χ3v) is 6.80. The van der Waals surface area contributed by atoms with E-state index >= 15 is 0 Å². The molecule has 5 nitrogen and oxygen atoms in total. The number of carbonyl (C=O) groups is 1. The van der Waals surface area contributed by atoms with Crippen molar-refractivity contribution in [3.05, 3.63) is 59.1 Å². The molecule has 0 unspecified atom stereocenters. The molecule has 4 rings (SSSR count). The quantitative estimate of drug-likeness (QED) is 0.804. The Hall–Kier alpha value is -2.02. The molecule has 2 saturated heterocycles. The van der Waals surface area contributed by atoms with Crippen molar-refractivity contribution in [1.82, 2.24) is 14.7 Å². The molecule has 3 aliphatic heterocycles. The number of likely N-dealkylation sites (tertiary alicyclic amines) is 1. The van der Waals surface area contributed by atoms with Crippen molar-refractivity contribution in [2.24, 2.45) is 5.92 Å². The Morgan fingerprint density at radius 2 is 1.87 bits per heavy atom. The molecule has 0 radical (unpaired) electrons. The van der Waals surface area contributed by atoms with Gasteiger partial charge in [0.1, 0.15) is 5.82 Å². The van der Waals surface area contributed by atoms with E-state index in [-0.39, 0.29) is 23.6 Å². The molecule has 3 aliphatic rings. The maximum atomic E-state index is 13.1. The average molecular weight is 414 g/mol. The van der Waals surface area contributed by atoms with Crippen molar-refractivity contribution < 1.29 is 14.3 Å². The topological polar surface area (TPSA) is 47.0 Å². The lowest BCUT2D eigenvalue weighted by Crippen LogP contribution is -2.55. The van der Waals surface area contributed by atoms with Crippen molar-refractivity contribution in [3.63, 3.8) is 0 Å². The zero-order valence-corrected chi connectivity index (χ0v) is 17.9. The molecular weight excluding hydrogens is 381 g/mol. The molecule has 0 aliphatic carbocycles. The van der Waals surface area contributed by atoms with Crippen LogP contribution in [0.2, 0.25) is 0 Å². The number of Topliss-reactive ketones (excluding diaryl/α,β-unsaturated/α-hetero) is 1. The van der Waals surface area contributed by atoms with Crippen LogP contribution in [-0.2, 0) is 4.79 Å². The van der Waals surface area contributed by atoms with Gasteiger partial charge in [0.2, 0.25) is 0 Å². The first kappa shape index (κ1) is 21.2. The first-order chi connectivity index (χ1) is 14.4. The SMILES string of the molecule is CC1=CC=C2C(=O)[C@H](CCN3CCC([C@@H](O)c4ccc(F)cc4)CC3)N(C)CN2C1. The van der Waals surface area contributed by atoms with Gasteiger partial charge in [-0.15, -0.1) is 0 Å². The molecule has 2 fully saturated rings. The summed E-state index contributed by atoms with van der Waals surface area (Å²) in [6, 6.07) is 6.10. The molecule has 162 valence electrons. The molecule has 2 atom stereocenters. The second kappa shape index (κ2) is 9.00. The van der Waals surface area contributed by atoms with Crippen LogP contribution in [-0.4, -0.2) is 71.5 Å². The number of hydrogen-bond donors (Lipinski definition) is 1. The zero-order chi connectivity index (χ0) is 21.3. The van der Waals surface area contributed by atoms with Gasteiger partial charge in [0.05, 0.1) is 24.5 Å². The highest BCUT2D eigenvalue weighted by Crippen LogP contribution is 2.31. The Bertz CT molecular complexity index is 827. The summed E-state index contributed by atoms with van der Waals surface area (Å²) in [6.45, 7) is 6.45. The fourth-order valence-corrected chi connectivity index (χ4v) is 4.95. The molecule has 0 spiro atoms. The van der Waals surface area contributed by atoms with E-state index in [1.54, 1.807) is 12.1 Å². The second-order valence-corrected chi connectivity index (χ2v) is 9.01. The number of likely N-dealkylation sites (N-methyl/N-ethyl adjacent to an activating group) is 1. The Morgan fingerprint density at radius 3 is 2.57 bits per heavy atom. The number of halogens is 1. The molecular formula is C24H32FN3O2. The summed E-state index contributed by atoms with van der Waals surface area (Å²) < 4.78 is 13.1. The van der Waals surface area contributed by atoms with Crippen LogP contribution in [0.1, 0.15) is 37.9 Å². The van der Waals surface area contributed by atoms with Crippen molar-refractivity contribution in [3.8, 4) is 0 Å². The van der Waals surface area contributed by atoms with E-state index in [9.17, 15) is 14.3 Å². The summed E-state index contributed by atoms with van der Waals surface area (Å²) in [5.74, 6) is 0.150. The summed E-state index contributed by atoms with van der Waals surface area (Å²) in [5, 5.41) is 10.6. The zero-order valence-electron chi connectivity index (χ0n) is 17.9. The molecule has 0 aromatic heterocycles. The van der Waals surface area contributed by atoms with Gasteiger partial charge in [-0.25, -0.2) is 4.39 Å². The number of nitrogens with zero attached hydrogens (tertiary/aromatic N) is 3. The summed E-state index contributed by atoms with van der Waals surface area (Å²) in [7, 11) is 2.04. The largest absolute Gasteiger partial charge is 0.388 e. The molecule has 1 N–H and O–H groups in total. The lowest BCUT2D eigenvalue weighted by molar-refractivity contribution is -0.126. The number of carbonyl (C=O) groups excluding carboxylic acids is 1. The van der Waals surface area contributed by atoms with Crippen molar-refractivity contribution in [2.75, 3.05) is 39.9 Å². The van der Waals surface area contributed by atoms with Crippen LogP contribution in [0, 0.1) is 11.7 Å². The minimum Gasteiger partial charge on any atom is -0.388 e.